The molecule has 0 saturated heterocycles. The summed E-state index contributed by atoms with van der Waals surface area (Å²) < 4.78 is 6.74. The Morgan fingerprint density at radius 3 is 3.05 bits per heavy atom. The van der Waals surface area contributed by atoms with Crippen molar-refractivity contribution in [3.63, 3.8) is 0 Å². The largest absolute Gasteiger partial charge is 0.464 e. The Morgan fingerprint density at radius 1 is 1.53 bits per heavy atom. The lowest BCUT2D eigenvalue weighted by Gasteiger charge is -2.06. The average Bonchev–Trinajstić information content (AvgIpc) is 2.73. The zero-order valence-electron chi connectivity index (χ0n) is 10.6. The topological polar surface area (TPSA) is 83.0 Å². The number of fused-ring (bicyclic) bond motifs is 1. The maximum Gasteiger partial charge on any atom is 0.326 e. The van der Waals surface area contributed by atoms with Crippen LogP contribution in [0, 0.1) is 0 Å². The van der Waals surface area contributed by atoms with Gasteiger partial charge in [-0.05, 0) is 12.5 Å². The zero-order valence-corrected chi connectivity index (χ0v) is 11.4. The highest BCUT2D eigenvalue weighted by Crippen LogP contribution is 2.22. The standard InChI is InChI=1S/C12H15ClN4O2/c1-2-3-6-19-9(18)7-17-5-4-8-10(13)15-12(14)16-11(8)17/h4-5H,2-3,6-7H2,1H3,(H2,14,15,16). The molecule has 0 bridgehead atoms. The van der Waals surface area contributed by atoms with Gasteiger partial charge in [0.1, 0.15) is 17.3 Å². The number of nitrogens with two attached hydrogens (primary N) is 1. The highest BCUT2D eigenvalue weighted by atomic mass is 35.5. The van der Waals surface area contributed by atoms with Crippen LogP contribution in [-0.4, -0.2) is 27.1 Å². The van der Waals surface area contributed by atoms with Crippen molar-refractivity contribution in [2.75, 3.05) is 12.3 Å². The molecule has 0 spiro atoms. The van der Waals surface area contributed by atoms with Crippen LogP contribution in [0.25, 0.3) is 11.0 Å². The summed E-state index contributed by atoms with van der Waals surface area (Å²) in [6, 6.07) is 1.75. The third-order valence-electron chi connectivity index (χ3n) is 2.65. The number of anilines is 1. The van der Waals surface area contributed by atoms with Crippen molar-refractivity contribution in [2.45, 2.75) is 26.3 Å². The Bertz CT molecular complexity index is 597. The molecule has 0 aliphatic rings. The molecule has 2 N–H and O–H groups in total. The first-order valence-electron chi connectivity index (χ1n) is 6.05. The smallest absolute Gasteiger partial charge is 0.326 e. The van der Waals surface area contributed by atoms with Crippen LogP contribution in [0.4, 0.5) is 5.95 Å². The van der Waals surface area contributed by atoms with E-state index in [4.69, 9.17) is 22.1 Å². The van der Waals surface area contributed by atoms with Gasteiger partial charge in [0, 0.05) is 6.20 Å². The van der Waals surface area contributed by atoms with Crippen LogP contribution in [-0.2, 0) is 16.1 Å². The summed E-state index contributed by atoms with van der Waals surface area (Å²) >= 11 is 5.95. The number of carbonyl (C=O) groups is 1. The van der Waals surface area contributed by atoms with E-state index >= 15 is 0 Å². The van der Waals surface area contributed by atoms with Gasteiger partial charge in [-0.2, -0.15) is 4.98 Å². The first kappa shape index (κ1) is 13.6. The van der Waals surface area contributed by atoms with Crippen LogP contribution in [0.2, 0.25) is 5.15 Å². The fourth-order valence-corrected chi connectivity index (χ4v) is 1.92. The third kappa shape index (κ3) is 3.14. The molecule has 7 heteroatoms. The molecule has 2 aromatic rings. The van der Waals surface area contributed by atoms with Crippen molar-refractivity contribution in [1.82, 2.24) is 14.5 Å². The second kappa shape index (κ2) is 5.88. The van der Waals surface area contributed by atoms with Crippen molar-refractivity contribution in [3.8, 4) is 0 Å². The Morgan fingerprint density at radius 2 is 2.32 bits per heavy atom. The van der Waals surface area contributed by atoms with E-state index in [-0.39, 0.29) is 23.6 Å². The van der Waals surface area contributed by atoms with Crippen LogP contribution < -0.4 is 5.73 Å². The molecule has 0 aliphatic heterocycles. The van der Waals surface area contributed by atoms with Crippen molar-refractivity contribution >= 4 is 34.6 Å². The SMILES string of the molecule is CCCCOC(=O)Cn1ccc2c(Cl)nc(N)nc21. The van der Waals surface area contributed by atoms with Gasteiger partial charge in [0.2, 0.25) is 5.95 Å². The van der Waals surface area contributed by atoms with E-state index in [0.717, 1.165) is 12.8 Å². The van der Waals surface area contributed by atoms with E-state index in [2.05, 4.69) is 9.97 Å². The van der Waals surface area contributed by atoms with E-state index in [1.54, 1.807) is 16.8 Å². The molecule has 0 unspecified atom stereocenters. The van der Waals surface area contributed by atoms with E-state index < -0.39 is 0 Å². The Kier molecular flexibility index (Phi) is 4.21. The number of halogens is 1. The molecule has 0 fully saturated rings. The highest BCUT2D eigenvalue weighted by molar-refractivity contribution is 6.34. The number of rotatable bonds is 5. The van der Waals surface area contributed by atoms with Crippen LogP contribution in [0.15, 0.2) is 12.3 Å². The number of hydrogen-bond acceptors (Lipinski definition) is 5. The Labute approximate surface area is 115 Å². The summed E-state index contributed by atoms with van der Waals surface area (Å²) in [6.45, 7) is 2.56. The van der Waals surface area contributed by atoms with Crippen LogP contribution in [0.1, 0.15) is 19.8 Å². The predicted molar refractivity (Wildman–Crippen MR) is 72.8 cm³/mol. The van der Waals surface area contributed by atoms with Crippen molar-refractivity contribution < 1.29 is 9.53 Å². The second-order valence-electron chi connectivity index (χ2n) is 4.13. The molecule has 0 saturated carbocycles. The summed E-state index contributed by atoms with van der Waals surface area (Å²) in [4.78, 5) is 19.6. The lowest BCUT2D eigenvalue weighted by Crippen LogP contribution is -2.14. The summed E-state index contributed by atoms with van der Waals surface area (Å²) in [5.41, 5.74) is 6.08. The van der Waals surface area contributed by atoms with Gasteiger partial charge in [-0.25, -0.2) is 4.98 Å². The second-order valence-corrected chi connectivity index (χ2v) is 4.49. The van der Waals surface area contributed by atoms with Crippen LogP contribution >= 0.6 is 11.6 Å². The van der Waals surface area contributed by atoms with Crippen molar-refractivity contribution in [2.24, 2.45) is 0 Å². The molecule has 2 aromatic heterocycles. The maximum atomic E-state index is 11.6. The number of nitrogens with zero attached hydrogens (tertiary/aromatic N) is 3. The molecule has 0 aromatic carbocycles. The highest BCUT2D eigenvalue weighted by Gasteiger charge is 2.12. The lowest BCUT2D eigenvalue weighted by atomic mass is 10.4. The molecular formula is C12H15ClN4O2. The molecule has 2 rings (SSSR count). The molecule has 0 atom stereocenters. The van der Waals surface area contributed by atoms with Crippen molar-refractivity contribution in [3.05, 3.63) is 17.4 Å². The van der Waals surface area contributed by atoms with Gasteiger partial charge in [0.15, 0.2) is 0 Å². The number of esters is 1. The van der Waals surface area contributed by atoms with Crippen LogP contribution in [0.3, 0.4) is 0 Å². The number of unbranched alkanes of at least 4 members (excludes halogenated alkanes) is 1. The van der Waals surface area contributed by atoms with Gasteiger partial charge in [0.25, 0.3) is 0 Å². The van der Waals surface area contributed by atoms with E-state index in [0.29, 0.717) is 17.6 Å². The number of carbonyl (C=O) groups excluding carboxylic acids is 1. The van der Waals surface area contributed by atoms with Crippen LogP contribution in [0.5, 0.6) is 0 Å². The minimum Gasteiger partial charge on any atom is -0.464 e. The number of aromatic nitrogens is 3. The molecule has 19 heavy (non-hydrogen) atoms. The predicted octanol–water partition coefficient (Wildman–Crippen LogP) is 2.01. The van der Waals surface area contributed by atoms with E-state index in [9.17, 15) is 4.79 Å². The van der Waals surface area contributed by atoms with Gasteiger partial charge in [-0.15, -0.1) is 0 Å². The maximum absolute atomic E-state index is 11.6. The van der Waals surface area contributed by atoms with Gasteiger partial charge < -0.3 is 15.0 Å². The van der Waals surface area contributed by atoms with Gasteiger partial charge in [-0.1, -0.05) is 24.9 Å². The molecule has 0 amide bonds. The normalized spacial score (nSPS) is 10.8. The lowest BCUT2D eigenvalue weighted by molar-refractivity contribution is -0.144. The fraction of sp³-hybridized carbons (Fsp3) is 0.417. The first-order chi connectivity index (χ1) is 9.11. The van der Waals surface area contributed by atoms with Gasteiger partial charge >= 0.3 is 5.97 Å². The summed E-state index contributed by atoms with van der Waals surface area (Å²) in [6.07, 6.45) is 3.56. The molecule has 0 aliphatic carbocycles. The number of ether oxygens (including phenoxy) is 1. The fourth-order valence-electron chi connectivity index (χ4n) is 1.69. The molecule has 0 radical (unpaired) electrons. The summed E-state index contributed by atoms with van der Waals surface area (Å²) in [5, 5.41) is 0.942. The summed E-state index contributed by atoms with van der Waals surface area (Å²) in [7, 11) is 0. The van der Waals surface area contributed by atoms with E-state index in [1.165, 1.54) is 0 Å². The molecule has 6 nitrogen and oxygen atoms in total. The van der Waals surface area contributed by atoms with Gasteiger partial charge in [0.05, 0.1) is 12.0 Å². The Hall–Kier alpha value is -1.82. The van der Waals surface area contributed by atoms with Crippen molar-refractivity contribution in [1.29, 1.82) is 0 Å². The Balaban J connectivity index is 2.15. The quantitative estimate of drug-likeness (QED) is 0.515. The number of hydrogen-bond donors (Lipinski definition) is 1. The minimum absolute atomic E-state index is 0.0804. The zero-order chi connectivity index (χ0) is 13.8. The molecule has 2 heterocycles. The number of nitrogen functional groups attached to an aromatic ring is 1. The molecular weight excluding hydrogens is 268 g/mol. The minimum atomic E-state index is -0.306. The molecule has 102 valence electrons. The van der Waals surface area contributed by atoms with E-state index in [1.807, 2.05) is 6.92 Å². The summed E-state index contributed by atoms with van der Waals surface area (Å²) in [5.74, 6) is -0.226. The average molecular weight is 283 g/mol. The van der Waals surface area contributed by atoms with Gasteiger partial charge in [-0.3, -0.25) is 4.79 Å². The first-order valence-corrected chi connectivity index (χ1v) is 6.43. The third-order valence-corrected chi connectivity index (χ3v) is 2.94. The monoisotopic (exact) mass is 282 g/mol.